The van der Waals surface area contributed by atoms with Gasteiger partial charge in [-0.05, 0) is 31.0 Å². The molecule has 0 spiro atoms. The summed E-state index contributed by atoms with van der Waals surface area (Å²) >= 11 is 4.73. The number of thioether (sulfide) groups is 1. The predicted octanol–water partition coefficient (Wildman–Crippen LogP) is 3.40. The smallest absolute Gasteiger partial charge is 0.313 e. The Morgan fingerprint density at radius 2 is 2.29 bits per heavy atom. The number of carboxylic acids is 1. The maximum atomic E-state index is 10.8. The first kappa shape index (κ1) is 16.3. The highest BCUT2D eigenvalue weighted by Gasteiger charge is 2.12. The molecule has 0 aliphatic rings. The monoisotopic (exact) mass is 372 g/mol. The fraction of sp³-hybridized carbons (Fsp3) is 0.429. The van der Waals surface area contributed by atoms with Crippen LogP contribution in [0.25, 0.3) is 11.0 Å². The van der Waals surface area contributed by atoms with Crippen LogP contribution in [-0.4, -0.2) is 40.1 Å². The molecule has 1 aromatic heterocycles. The molecule has 0 unspecified atom stereocenters. The third-order valence-electron chi connectivity index (χ3n) is 2.98. The molecule has 1 aromatic carbocycles. The molecule has 0 atom stereocenters. The summed E-state index contributed by atoms with van der Waals surface area (Å²) in [4.78, 5) is 15.3. The molecule has 0 saturated heterocycles. The lowest BCUT2D eigenvalue weighted by Crippen LogP contribution is -2.04. The van der Waals surface area contributed by atoms with Crippen LogP contribution in [0.15, 0.2) is 27.8 Å². The van der Waals surface area contributed by atoms with E-state index in [1.54, 1.807) is 7.11 Å². The number of benzene rings is 1. The van der Waals surface area contributed by atoms with E-state index in [0.29, 0.717) is 0 Å². The molecular weight excluding hydrogens is 356 g/mol. The number of hydrogen-bond acceptors (Lipinski definition) is 4. The third kappa shape index (κ3) is 4.46. The summed E-state index contributed by atoms with van der Waals surface area (Å²) in [6, 6.07) is 5.90. The minimum absolute atomic E-state index is 0.0164. The zero-order valence-corrected chi connectivity index (χ0v) is 14.1. The van der Waals surface area contributed by atoms with Crippen LogP contribution in [0.2, 0.25) is 0 Å². The number of aryl methyl sites for hydroxylation is 1. The molecule has 21 heavy (non-hydrogen) atoms. The van der Waals surface area contributed by atoms with Crippen molar-refractivity contribution in [1.82, 2.24) is 9.55 Å². The standard InChI is InChI=1S/C14H17BrN2O3S/c1-20-7-3-2-6-17-12-8-10(15)4-5-11(12)16-14(17)21-9-13(18)19/h4-5,8H,2-3,6-7,9H2,1H3,(H,18,19). The first-order chi connectivity index (χ1) is 10.1. The maximum Gasteiger partial charge on any atom is 0.313 e. The molecule has 5 nitrogen and oxygen atoms in total. The number of hydrogen-bond donors (Lipinski definition) is 1. The Labute approximate surface area is 135 Å². The zero-order chi connectivity index (χ0) is 15.2. The number of aliphatic carboxylic acids is 1. The molecule has 0 radical (unpaired) electrons. The van der Waals surface area contributed by atoms with Crippen molar-refractivity contribution in [3.63, 3.8) is 0 Å². The first-order valence-electron chi connectivity index (χ1n) is 6.61. The van der Waals surface area contributed by atoms with Crippen molar-refractivity contribution < 1.29 is 14.6 Å². The quantitative estimate of drug-likeness (QED) is 0.568. The van der Waals surface area contributed by atoms with Crippen molar-refractivity contribution in [3.8, 4) is 0 Å². The van der Waals surface area contributed by atoms with Crippen LogP contribution in [0.4, 0.5) is 0 Å². The van der Waals surface area contributed by atoms with Crippen LogP contribution in [0.1, 0.15) is 12.8 Å². The zero-order valence-electron chi connectivity index (χ0n) is 11.7. The summed E-state index contributed by atoms with van der Waals surface area (Å²) in [6.45, 7) is 1.53. The van der Waals surface area contributed by atoms with E-state index in [2.05, 4.69) is 25.5 Å². The lowest BCUT2D eigenvalue weighted by Gasteiger charge is -2.08. The second kappa shape index (κ2) is 7.82. The van der Waals surface area contributed by atoms with Gasteiger partial charge < -0.3 is 14.4 Å². The van der Waals surface area contributed by atoms with Gasteiger partial charge in [-0.25, -0.2) is 4.98 Å². The second-order valence-electron chi connectivity index (χ2n) is 4.56. The SMILES string of the molecule is COCCCCn1c(SCC(=O)O)nc2ccc(Br)cc21. The van der Waals surface area contributed by atoms with Gasteiger partial charge in [0.05, 0.1) is 16.8 Å². The predicted molar refractivity (Wildman–Crippen MR) is 86.9 cm³/mol. The van der Waals surface area contributed by atoms with E-state index < -0.39 is 5.97 Å². The summed E-state index contributed by atoms with van der Waals surface area (Å²) in [5, 5.41) is 9.60. The molecule has 0 amide bonds. The van der Waals surface area contributed by atoms with Gasteiger partial charge in [-0.2, -0.15) is 0 Å². The minimum Gasteiger partial charge on any atom is -0.481 e. The number of imidazole rings is 1. The molecule has 0 fully saturated rings. The molecule has 2 rings (SSSR count). The number of unbranched alkanes of at least 4 members (excludes halogenated alkanes) is 1. The van der Waals surface area contributed by atoms with E-state index in [4.69, 9.17) is 9.84 Å². The Balaban J connectivity index is 2.24. The summed E-state index contributed by atoms with van der Waals surface area (Å²) in [5.41, 5.74) is 1.91. The van der Waals surface area contributed by atoms with E-state index in [-0.39, 0.29) is 5.75 Å². The molecule has 1 heterocycles. The van der Waals surface area contributed by atoms with Gasteiger partial charge >= 0.3 is 5.97 Å². The lowest BCUT2D eigenvalue weighted by atomic mass is 10.3. The van der Waals surface area contributed by atoms with E-state index >= 15 is 0 Å². The van der Waals surface area contributed by atoms with Crippen molar-refractivity contribution in [1.29, 1.82) is 0 Å². The van der Waals surface area contributed by atoms with E-state index in [1.165, 1.54) is 11.8 Å². The maximum absolute atomic E-state index is 10.8. The third-order valence-corrected chi connectivity index (χ3v) is 4.43. The summed E-state index contributed by atoms with van der Waals surface area (Å²) < 4.78 is 8.14. The highest BCUT2D eigenvalue weighted by atomic mass is 79.9. The highest BCUT2D eigenvalue weighted by Crippen LogP contribution is 2.27. The van der Waals surface area contributed by atoms with Crippen LogP contribution in [0.5, 0.6) is 0 Å². The number of ether oxygens (including phenoxy) is 1. The van der Waals surface area contributed by atoms with E-state index in [1.807, 2.05) is 18.2 Å². The molecule has 1 N–H and O–H groups in total. The fourth-order valence-corrected chi connectivity index (χ4v) is 3.15. The van der Waals surface area contributed by atoms with Crippen molar-refractivity contribution >= 4 is 44.7 Å². The number of methoxy groups -OCH3 is 1. The number of halogens is 1. The molecule has 0 bridgehead atoms. The van der Waals surface area contributed by atoms with Gasteiger partial charge in [0.2, 0.25) is 0 Å². The van der Waals surface area contributed by atoms with Gasteiger partial charge in [-0.3, -0.25) is 4.79 Å². The summed E-state index contributed by atoms with van der Waals surface area (Å²) in [5.74, 6) is -0.818. The topological polar surface area (TPSA) is 64.3 Å². The molecule has 114 valence electrons. The van der Waals surface area contributed by atoms with Crippen LogP contribution in [-0.2, 0) is 16.1 Å². The Kier molecular flexibility index (Phi) is 6.08. The van der Waals surface area contributed by atoms with Crippen LogP contribution < -0.4 is 0 Å². The number of fused-ring (bicyclic) bond motifs is 1. The normalized spacial score (nSPS) is 11.1. The van der Waals surface area contributed by atoms with Gasteiger partial charge in [0.15, 0.2) is 5.16 Å². The molecule has 0 aliphatic heterocycles. The second-order valence-corrected chi connectivity index (χ2v) is 6.42. The van der Waals surface area contributed by atoms with Crippen molar-refractivity contribution in [2.24, 2.45) is 0 Å². The molecule has 7 heteroatoms. The minimum atomic E-state index is -0.834. The Morgan fingerprint density at radius 1 is 1.48 bits per heavy atom. The highest BCUT2D eigenvalue weighted by molar-refractivity contribution is 9.10. The van der Waals surface area contributed by atoms with Gasteiger partial charge in [0, 0.05) is 24.7 Å². The fourth-order valence-electron chi connectivity index (χ4n) is 2.04. The largest absolute Gasteiger partial charge is 0.481 e. The number of carbonyl (C=O) groups is 1. The van der Waals surface area contributed by atoms with Crippen LogP contribution in [0, 0.1) is 0 Å². The van der Waals surface area contributed by atoms with Gasteiger partial charge in [-0.15, -0.1) is 0 Å². The lowest BCUT2D eigenvalue weighted by molar-refractivity contribution is -0.133. The number of aromatic nitrogens is 2. The number of nitrogens with zero attached hydrogens (tertiary/aromatic N) is 2. The molecule has 0 aliphatic carbocycles. The number of carboxylic acid groups (broad SMARTS) is 1. The summed E-state index contributed by atoms with van der Waals surface area (Å²) in [7, 11) is 1.69. The first-order valence-corrected chi connectivity index (χ1v) is 8.39. The molecule has 0 saturated carbocycles. The van der Waals surface area contributed by atoms with Crippen molar-refractivity contribution in [3.05, 3.63) is 22.7 Å². The van der Waals surface area contributed by atoms with E-state index in [0.717, 1.165) is 46.7 Å². The average molecular weight is 373 g/mol. The average Bonchev–Trinajstić information content (AvgIpc) is 2.78. The Bertz CT molecular complexity index is 630. The van der Waals surface area contributed by atoms with Crippen LogP contribution in [0.3, 0.4) is 0 Å². The van der Waals surface area contributed by atoms with Crippen molar-refractivity contribution in [2.75, 3.05) is 19.5 Å². The molecular formula is C14H17BrN2O3S. The summed E-state index contributed by atoms with van der Waals surface area (Å²) in [6.07, 6.45) is 1.93. The van der Waals surface area contributed by atoms with Gasteiger partial charge in [-0.1, -0.05) is 27.7 Å². The molecule has 2 aromatic rings. The Hall–Kier alpha value is -1.05. The van der Waals surface area contributed by atoms with E-state index in [9.17, 15) is 4.79 Å². The van der Waals surface area contributed by atoms with Gasteiger partial charge in [0.25, 0.3) is 0 Å². The van der Waals surface area contributed by atoms with Gasteiger partial charge in [0.1, 0.15) is 0 Å². The number of rotatable bonds is 8. The van der Waals surface area contributed by atoms with Crippen LogP contribution >= 0.6 is 27.7 Å². The van der Waals surface area contributed by atoms with Crippen molar-refractivity contribution in [2.45, 2.75) is 24.5 Å². The Morgan fingerprint density at radius 3 is 3.00 bits per heavy atom.